The Labute approximate surface area is 140 Å². The van der Waals surface area contributed by atoms with Gasteiger partial charge in [0.1, 0.15) is 5.75 Å². The van der Waals surface area contributed by atoms with Gasteiger partial charge in [0.15, 0.2) is 0 Å². The number of rotatable bonds is 3. The monoisotopic (exact) mass is 314 g/mol. The zero-order valence-corrected chi connectivity index (χ0v) is 13.4. The molecule has 0 spiro atoms. The van der Waals surface area contributed by atoms with Crippen LogP contribution in [0, 0.1) is 0 Å². The van der Waals surface area contributed by atoms with Crippen molar-refractivity contribution in [2.75, 3.05) is 12.8 Å². The standard InChI is InChI=1S/C21H18N2O/c1-24-19-6-7-20-15(3-2-4-16(20)14-19)9-11-23-12-10-17-13-18(22)5-8-21(17)23/h2-14H,22H2,1H3/b11-9-. The third kappa shape index (κ3) is 2.50. The van der Waals surface area contributed by atoms with E-state index in [1.807, 2.05) is 24.3 Å². The molecular weight excluding hydrogens is 296 g/mol. The lowest BCUT2D eigenvalue weighted by Crippen LogP contribution is -1.86. The summed E-state index contributed by atoms with van der Waals surface area (Å²) in [7, 11) is 1.69. The summed E-state index contributed by atoms with van der Waals surface area (Å²) in [4.78, 5) is 0. The van der Waals surface area contributed by atoms with Gasteiger partial charge in [-0.2, -0.15) is 0 Å². The highest BCUT2D eigenvalue weighted by molar-refractivity contribution is 5.93. The van der Waals surface area contributed by atoms with E-state index in [1.165, 1.54) is 16.3 Å². The molecule has 0 saturated heterocycles. The predicted molar refractivity (Wildman–Crippen MR) is 102 cm³/mol. The van der Waals surface area contributed by atoms with Crippen molar-refractivity contribution in [2.45, 2.75) is 0 Å². The maximum atomic E-state index is 5.85. The Kier molecular flexibility index (Phi) is 3.47. The molecule has 0 amide bonds. The van der Waals surface area contributed by atoms with Gasteiger partial charge in [0.25, 0.3) is 0 Å². The van der Waals surface area contributed by atoms with Crippen LogP contribution < -0.4 is 10.5 Å². The fourth-order valence-electron chi connectivity index (χ4n) is 3.03. The fraction of sp³-hybridized carbons (Fsp3) is 0.0476. The molecule has 2 N–H and O–H groups in total. The molecule has 1 heterocycles. The summed E-state index contributed by atoms with van der Waals surface area (Å²) in [6.45, 7) is 0. The van der Waals surface area contributed by atoms with Crippen LogP contribution >= 0.6 is 0 Å². The zero-order valence-electron chi connectivity index (χ0n) is 13.4. The quantitative estimate of drug-likeness (QED) is 0.540. The van der Waals surface area contributed by atoms with Crippen molar-refractivity contribution in [2.24, 2.45) is 0 Å². The van der Waals surface area contributed by atoms with Gasteiger partial charge in [-0.1, -0.05) is 24.3 Å². The van der Waals surface area contributed by atoms with Crippen LogP contribution in [0.1, 0.15) is 5.56 Å². The Balaban J connectivity index is 1.76. The summed E-state index contributed by atoms with van der Waals surface area (Å²) < 4.78 is 7.41. The number of hydrogen-bond acceptors (Lipinski definition) is 2. The van der Waals surface area contributed by atoms with Crippen LogP contribution in [0.5, 0.6) is 5.75 Å². The fourth-order valence-corrected chi connectivity index (χ4v) is 3.03. The highest BCUT2D eigenvalue weighted by atomic mass is 16.5. The average Bonchev–Trinajstić information content (AvgIpc) is 3.01. The Hall–Kier alpha value is -3.20. The predicted octanol–water partition coefficient (Wildman–Crippen LogP) is 5.01. The second-order valence-corrected chi connectivity index (χ2v) is 5.79. The van der Waals surface area contributed by atoms with Crippen molar-refractivity contribution >= 4 is 39.6 Å². The molecule has 118 valence electrons. The molecule has 3 aromatic carbocycles. The van der Waals surface area contributed by atoms with E-state index in [4.69, 9.17) is 10.5 Å². The molecule has 0 aliphatic heterocycles. The van der Waals surface area contributed by atoms with Crippen LogP contribution in [-0.4, -0.2) is 11.7 Å². The average molecular weight is 314 g/mol. The highest BCUT2D eigenvalue weighted by Gasteiger charge is 2.01. The van der Waals surface area contributed by atoms with Gasteiger partial charge in [-0.3, -0.25) is 0 Å². The third-order valence-corrected chi connectivity index (χ3v) is 4.28. The summed E-state index contributed by atoms with van der Waals surface area (Å²) in [5.74, 6) is 0.873. The van der Waals surface area contributed by atoms with Gasteiger partial charge in [0.05, 0.1) is 12.6 Å². The molecule has 0 radical (unpaired) electrons. The van der Waals surface area contributed by atoms with Gasteiger partial charge in [0, 0.05) is 23.5 Å². The third-order valence-electron chi connectivity index (χ3n) is 4.28. The van der Waals surface area contributed by atoms with Crippen molar-refractivity contribution in [1.82, 2.24) is 4.57 Å². The number of nitrogens with zero attached hydrogens (tertiary/aromatic N) is 1. The molecule has 4 rings (SSSR count). The van der Waals surface area contributed by atoms with E-state index in [9.17, 15) is 0 Å². The van der Waals surface area contributed by atoms with E-state index >= 15 is 0 Å². The van der Waals surface area contributed by atoms with Gasteiger partial charge in [-0.05, 0) is 58.8 Å². The van der Waals surface area contributed by atoms with E-state index < -0.39 is 0 Å². The molecule has 3 nitrogen and oxygen atoms in total. The molecule has 0 atom stereocenters. The molecule has 0 bridgehead atoms. The lowest BCUT2D eigenvalue weighted by Gasteiger charge is -2.05. The Morgan fingerprint density at radius 3 is 2.75 bits per heavy atom. The molecule has 0 aliphatic carbocycles. The number of methoxy groups -OCH3 is 1. The first kappa shape index (κ1) is 14.4. The van der Waals surface area contributed by atoms with Crippen LogP contribution in [0.2, 0.25) is 0 Å². The molecule has 0 aliphatic rings. The normalized spacial score (nSPS) is 11.5. The zero-order chi connectivity index (χ0) is 16.5. The van der Waals surface area contributed by atoms with Gasteiger partial charge in [0.2, 0.25) is 0 Å². The van der Waals surface area contributed by atoms with Crippen LogP contribution in [0.25, 0.3) is 34.0 Å². The van der Waals surface area contributed by atoms with Crippen LogP contribution in [0.15, 0.2) is 66.9 Å². The molecule has 24 heavy (non-hydrogen) atoms. The van der Waals surface area contributed by atoms with Crippen LogP contribution in [-0.2, 0) is 0 Å². The van der Waals surface area contributed by atoms with E-state index in [1.54, 1.807) is 7.11 Å². The van der Waals surface area contributed by atoms with E-state index in [2.05, 4.69) is 59.4 Å². The number of benzene rings is 3. The van der Waals surface area contributed by atoms with Crippen molar-refractivity contribution in [3.05, 3.63) is 72.4 Å². The Morgan fingerprint density at radius 1 is 0.958 bits per heavy atom. The maximum absolute atomic E-state index is 5.85. The molecule has 4 aromatic rings. The first-order valence-corrected chi connectivity index (χ1v) is 7.86. The Morgan fingerprint density at radius 2 is 1.88 bits per heavy atom. The summed E-state index contributed by atoms with van der Waals surface area (Å²) >= 11 is 0. The molecule has 1 aromatic heterocycles. The minimum atomic E-state index is 0.784. The van der Waals surface area contributed by atoms with Crippen molar-refractivity contribution < 1.29 is 4.74 Å². The SMILES string of the molecule is COc1ccc2c(/C=C\n3ccc4cc(N)ccc43)cccc2c1. The van der Waals surface area contributed by atoms with E-state index in [-0.39, 0.29) is 0 Å². The summed E-state index contributed by atoms with van der Waals surface area (Å²) in [6.07, 6.45) is 6.26. The lowest BCUT2D eigenvalue weighted by molar-refractivity contribution is 0.415. The number of hydrogen-bond donors (Lipinski definition) is 1. The van der Waals surface area contributed by atoms with Crippen LogP contribution in [0.4, 0.5) is 5.69 Å². The number of ether oxygens (including phenoxy) is 1. The van der Waals surface area contributed by atoms with Crippen molar-refractivity contribution in [3.8, 4) is 5.75 Å². The van der Waals surface area contributed by atoms with E-state index in [0.717, 1.165) is 22.3 Å². The van der Waals surface area contributed by atoms with Crippen molar-refractivity contribution in [1.29, 1.82) is 0 Å². The first-order valence-electron chi connectivity index (χ1n) is 7.86. The summed E-state index contributed by atoms with van der Waals surface area (Å²) in [6, 6.07) is 20.5. The maximum Gasteiger partial charge on any atom is 0.119 e. The number of aromatic nitrogens is 1. The molecule has 3 heteroatoms. The van der Waals surface area contributed by atoms with Gasteiger partial charge >= 0.3 is 0 Å². The minimum Gasteiger partial charge on any atom is -0.497 e. The topological polar surface area (TPSA) is 40.2 Å². The smallest absolute Gasteiger partial charge is 0.119 e. The Bertz CT molecular complexity index is 1060. The van der Waals surface area contributed by atoms with Gasteiger partial charge in [-0.15, -0.1) is 0 Å². The molecule has 0 fully saturated rings. The number of nitrogens with two attached hydrogens (primary N) is 1. The van der Waals surface area contributed by atoms with E-state index in [0.29, 0.717) is 0 Å². The molecule has 0 saturated carbocycles. The summed E-state index contributed by atoms with van der Waals surface area (Å²) in [5.41, 5.74) is 8.95. The molecular formula is C21H18N2O. The number of nitrogen functional groups attached to an aromatic ring is 1. The number of anilines is 1. The second-order valence-electron chi connectivity index (χ2n) is 5.79. The minimum absolute atomic E-state index is 0.784. The van der Waals surface area contributed by atoms with Gasteiger partial charge < -0.3 is 15.0 Å². The first-order chi connectivity index (χ1) is 11.7. The highest BCUT2D eigenvalue weighted by Crippen LogP contribution is 2.25. The molecule has 0 unspecified atom stereocenters. The largest absolute Gasteiger partial charge is 0.497 e. The number of fused-ring (bicyclic) bond motifs is 2. The second kappa shape index (κ2) is 5.78. The van der Waals surface area contributed by atoms with Crippen molar-refractivity contribution in [3.63, 3.8) is 0 Å². The van der Waals surface area contributed by atoms with Gasteiger partial charge in [-0.25, -0.2) is 0 Å². The summed E-state index contributed by atoms with van der Waals surface area (Å²) in [5, 5.41) is 3.51. The van der Waals surface area contributed by atoms with Crippen LogP contribution in [0.3, 0.4) is 0 Å². The lowest BCUT2D eigenvalue weighted by atomic mass is 10.0.